The Morgan fingerprint density at radius 2 is 1.55 bits per heavy atom. The van der Waals surface area contributed by atoms with Crippen LogP contribution < -0.4 is 21.7 Å². The van der Waals surface area contributed by atoms with Gasteiger partial charge in [-0.1, -0.05) is 20.3 Å². The molecule has 0 aliphatic carbocycles. The molecular weight excluding hydrogens is 412 g/mol. The van der Waals surface area contributed by atoms with Crippen molar-refractivity contribution in [2.75, 3.05) is 13.2 Å². The van der Waals surface area contributed by atoms with E-state index >= 15 is 0 Å². The van der Waals surface area contributed by atoms with Crippen LogP contribution in [0.2, 0.25) is 0 Å². The molecule has 5 unspecified atom stereocenters. The summed E-state index contributed by atoms with van der Waals surface area (Å²) in [4.78, 5) is 54.8. The summed E-state index contributed by atoms with van der Waals surface area (Å²) < 4.78 is 0. The summed E-state index contributed by atoms with van der Waals surface area (Å²) in [6.45, 7) is 1.98. The molecule has 0 aliphatic heterocycles. The lowest BCUT2D eigenvalue weighted by Gasteiger charge is -2.24. The lowest BCUT2D eigenvalue weighted by molar-refractivity contribution is -0.142. The number of carbonyl (C=O) groups excluding carboxylic acids is 3. The molecule has 0 saturated heterocycles. The number of carboxylic acid groups (broad SMARTS) is 1. The lowest BCUT2D eigenvalue weighted by Crippen LogP contribution is -2.59. The van der Waals surface area contributed by atoms with Crippen molar-refractivity contribution in [1.82, 2.24) is 25.9 Å². The van der Waals surface area contributed by atoms with E-state index in [1.54, 1.807) is 6.92 Å². The number of aromatic amines is 1. The highest BCUT2D eigenvalue weighted by Crippen LogP contribution is 2.05. The van der Waals surface area contributed by atoms with Crippen LogP contribution in [0.3, 0.4) is 0 Å². The van der Waals surface area contributed by atoms with Crippen molar-refractivity contribution >= 4 is 23.7 Å². The number of hydrogen-bond acceptors (Lipinski definition) is 8. The number of nitrogens with one attached hydrogen (secondary N) is 4. The van der Waals surface area contributed by atoms with Crippen LogP contribution in [0.1, 0.15) is 26.0 Å². The van der Waals surface area contributed by atoms with Crippen molar-refractivity contribution in [3.8, 4) is 0 Å². The lowest BCUT2D eigenvalue weighted by atomic mass is 9.99. The molecule has 9 N–H and O–H groups in total. The van der Waals surface area contributed by atoms with E-state index in [9.17, 15) is 34.5 Å². The first-order chi connectivity index (χ1) is 14.6. The molecule has 0 bridgehead atoms. The van der Waals surface area contributed by atoms with Crippen LogP contribution in [-0.4, -0.2) is 86.4 Å². The summed E-state index contributed by atoms with van der Waals surface area (Å²) in [7, 11) is 0. The quantitative estimate of drug-likeness (QED) is 0.154. The zero-order chi connectivity index (χ0) is 23.6. The third-order valence-electron chi connectivity index (χ3n) is 4.78. The second-order valence-corrected chi connectivity index (χ2v) is 7.08. The minimum absolute atomic E-state index is 0.101. The number of hydrogen-bond donors (Lipinski definition) is 8. The van der Waals surface area contributed by atoms with Crippen LogP contribution in [0.4, 0.5) is 0 Å². The largest absolute Gasteiger partial charge is 0.480 e. The number of nitrogens with zero attached hydrogens (tertiary/aromatic N) is 1. The molecule has 0 aromatic carbocycles. The second kappa shape index (κ2) is 12.6. The number of H-pyrrole nitrogens is 1. The average Bonchev–Trinajstić information content (AvgIpc) is 3.26. The average molecular weight is 442 g/mol. The minimum Gasteiger partial charge on any atom is -0.480 e. The highest BCUT2D eigenvalue weighted by Gasteiger charge is 2.30. The van der Waals surface area contributed by atoms with Gasteiger partial charge in [0.05, 0.1) is 25.6 Å². The highest BCUT2D eigenvalue weighted by atomic mass is 16.4. The van der Waals surface area contributed by atoms with Crippen molar-refractivity contribution in [3.05, 3.63) is 18.2 Å². The Morgan fingerprint density at radius 1 is 1.03 bits per heavy atom. The molecule has 174 valence electrons. The van der Waals surface area contributed by atoms with E-state index in [0.29, 0.717) is 12.1 Å². The van der Waals surface area contributed by atoms with Crippen LogP contribution in [0.15, 0.2) is 12.5 Å². The van der Waals surface area contributed by atoms with Gasteiger partial charge in [-0.15, -0.1) is 0 Å². The van der Waals surface area contributed by atoms with E-state index in [-0.39, 0.29) is 12.3 Å². The monoisotopic (exact) mass is 442 g/mol. The van der Waals surface area contributed by atoms with Gasteiger partial charge in [0.25, 0.3) is 0 Å². The Morgan fingerprint density at radius 3 is 1.97 bits per heavy atom. The summed E-state index contributed by atoms with van der Waals surface area (Å²) in [5, 5.41) is 34.9. The number of aliphatic carboxylic acids is 1. The highest BCUT2D eigenvalue weighted by molar-refractivity contribution is 5.94. The zero-order valence-corrected chi connectivity index (χ0v) is 17.4. The van der Waals surface area contributed by atoms with Crippen LogP contribution >= 0.6 is 0 Å². The molecule has 1 rings (SSSR count). The molecule has 13 nitrogen and oxygen atoms in total. The fraction of sp³-hybridized carbons (Fsp3) is 0.611. The summed E-state index contributed by atoms with van der Waals surface area (Å²) in [5.74, 6) is -4.05. The number of rotatable bonds is 13. The van der Waals surface area contributed by atoms with Crippen LogP contribution in [0.25, 0.3) is 0 Å². The molecule has 0 saturated carbocycles. The fourth-order valence-corrected chi connectivity index (χ4v) is 2.53. The smallest absolute Gasteiger partial charge is 0.326 e. The molecule has 31 heavy (non-hydrogen) atoms. The normalized spacial score (nSPS) is 15.8. The Labute approximate surface area is 178 Å². The zero-order valence-electron chi connectivity index (χ0n) is 17.4. The predicted octanol–water partition coefficient (Wildman–Crippen LogP) is -3.15. The molecule has 0 fully saturated rings. The summed E-state index contributed by atoms with van der Waals surface area (Å²) in [6.07, 6.45) is 3.27. The Kier molecular flexibility index (Phi) is 10.6. The second-order valence-electron chi connectivity index (χ2n) is 7.08. The first-order valence-corrected chi connectivity index (χ1v) is 9.72. The minimum atomic E-state index is -1.51. The van der Waals surface area contributed by atoms with Gasteiger partial charge in [0.1, 0.15) is 18.1 Å². The van der Waals surface area contributed by atoms with Gasteiger partial charge in [0.15, 0.2) is 0 Å². The van der Waals surface area contributed by atoms with Gasteiger partial charge in [-0.05, 0) is 5.92 Å². The summed E-state index contributed by atoms with van der Waals surface area (Å²) >= 11 is 0. The van der Waals surface area contributed by atoms with Crippen molar-refractivity contribution in [2.24, 2.45) is 11.7 Å². The van der Waals surface area contributed by atoms with Crippen LogP contribution in [0, 0.1) is 5.92 Å². The number of nitrogens with two attached hydrogens (primary N) is 1. The number of aliphatic hydroxyl groups is 2. The maximum absolute atomic E-state index is 12.4. The number of aliphatic hydroxyl groups excluding tert-OH is 2. The Balaban J connectivity index is 2.74. The van der Waals surface area contributed by atoms with Gasteiger partial charge >= 0.3 is 5.97 Å². The maximum atomic E-state index is 12.4. The third-order valence-corrected chi connectivity index (χ3v) is 4.78. The predicted molar refractivity (Wildman–Crippen MR) is 107 cm³/mol. The maximum Gasteiger partial charge on any atom is 0.326 e. The fourth-order valence-electron chi connectivity index (χ4n) is 2.53. The topological polar surface area (TPSA) is 220 Å². The van der Waals surface area contributed by atoms with E-state index in [1.165, 1.54) is 12.5 Å². The van der Waals surface area contributed by atoms with Crippen LogP contribution in [0.5, 0.6) is 0 Å². The Hall–Kier alpha value is -3.03. The third kappa shape index (κ3) is 7.96. The molecule has 13 heteroatoms. The Bertz CT molecular complexity index is 742. The molecule has 1 heterocycles. The van der Waals surface area contributed by atoms with E-state index in [0.717, 1.165) is 0 Å². The molecule has 0 radical (unpaired) electrons. The van der Waals surface area contributed by atoms with Gasteiger partial charge in [0.2, 0.25) is 17.7 Å². The van der Waals surface area contributed by atoms with E-state index < -0.39 is 61.1 Å². The first-order valence-electron chi connectivity index (χ1n) is 9.72. The molecule has 1 aromatic heterocycles. The number of carboxylic acids is 1. The van der Waals surface area contributed by atoms with Gasteiger partial charge in [0, 0.05) is 18.3 Å². The molecule has 0 spiro atoms. The van der Waals surface area contributed by atoms with Crippen molar-refractivity contribution < 1.29 is 34.5 Å². The van der Waals surface area contributed by atoms with E-state index in [2.05, 4.69) is 25.9 Å². The van der Waals surface area contributed by atoms with Crippen molar-refractivity contribution in [1.29, 1.82) is 0 Å². The van der Waals surface area contributed by atoms with Crippen molar-refractivity contribution in [2.45, 2.75) is 50.9 Å². The molecular formula is C18H30N6O7. The molecule has 1 aromatic rings. The number of carbonyl (C=O) groups is 4. The summed E-state index contributed by atoms with van der Waals surface area (Å²) in [5.41, 5.74) is 6.25. The standard InChI is InChI=1S/C18H30N6O7/c1-3-9(2)14(19)17(29)24-13(7-26)16(28)23-12(6-25)15(27)22-11(18(30)31)4-10-5-20-8-21-10/h5,8-9,11-14,25-26H,3-4,6-7,19H2,1-2H3,(H,20,21)(H,22,27)(H,23,28)(H,24,29)(H,30,31). The number of aromatic nitrogens is 2. The van der Waals surface area contributed by atoms with E-state index in [4.69, 9.17) is 5.73 Å². The van der Waals surface area contributed by atoms with Gasteiger partial charge < -0.3 is 42.0 Å². The molecule has 3 amide bonds. The number of imidazole rings is 1. The van der Waals surface area contributed by atoms with E-state index in [1.807, 2.05) is 6.92 Å². The first kappa shape index (κ1) is 26.0. The summed E-state index contributed by atoms with van der Waals surface area (Å²) in [6, 6.07) is -5.17. The number of amides is 3. The van der Waals surface area contributed by atoms with Crippen LogP contribution in [-0.2, 0) is 25.6 Å². The van der Waals surface area contributed by atoms with Gasteiger partial charge in [-0.3, -0.25) is 14.4 Å². The molecule has 0 aliphatic rings. The van der Waals surface area contributed by atoms with Gasteiger partial charge in [-0.2, -0.15) is 0 Å². The van der Waals surface area contributed by atoms with Gasteiger partial charge in [-0.25, -0.2) is 9.78 Å². The SMILES string of the molecule is CCC(C)C(N)C(=O)NC(CO)C(=O)NC(CO)C(=O)NC(Cc1cnc[nH]1)C(=O)O. The molecule has 5 atom stereocenters. The van der Waals surface area contributed by atoms with Crippen molar-refractivity contribution in [3.63, 3.8) is 0 Å².